The molecule has 0 atom stereocenters. The van der Waals surface area contributed by atoms with E-state index in [1.54, 1.807) is 45.0 Å². The number of esters is 1. The normalized spacial score (nSPS) is 11.5. The van der Waals surface area contributed by atoms with E-state index >= 15 is 0 Å². The highest BCUT2D eigenvalue weighted by Gasteiger charge is 2.23. The van der Waals surface area contributed by atoms with Gasteiger partial charge in [0, 0.05) is 18.3 Å². The first-order chi connectivity index (χ1) is 14.1. The number of rotatable bonds is 9. The maximum absolute atomic E-state index is 12.6. The number of H-pyrrole nitrogens is 1. The molecule has 0 radical (unpaired) electrons. The van der Waals surface area contributed by atoms with E-state index in [4.69, 9.17) is 4.74 Å². The second kappa shape index (κ2) is 9.90. The molecule has 164 valence electrons. The zero-order valence-corrected chi connectivity index (χ0v) is 18.8. The SMILES string of the molecule is CCc1[nH]c(C(=O)NCc2ccc(CS(=O)(=O)NC(C)C)cc2)c(C)c1C(=O)OC. The van der Waals surface area contributed by atoms with Gasteiger partial charge >= 0.3 is 5.97 Å². The van der Waals surface area contributed by atoms with Crippen LogP contribution in [0.5, 0.6) is 0 Å². The van der Waals surface area contributed by atoms with Gasteiger partial charge in [0.05, 0.1) is 18.4 Å². The minimum Gasteiger partial charge on any atom is -0.465 e. The number of nitrogens with one attached hydrogen (secondary N) is 3. The van der Waals surface area contributed by atoms with Gasteiger partial charge < -0.3 is 15.0 Å². The van der Waals surface area contributed by atoms with Crippen molar-refractivity contribution >= 4 is 21.9 Å². The Balaban J connectivity index is 2.05. The third-order valence-electron chi connectivity index (χ3n) is 4.55. The second-order valence-electron chi connectivity index (χ2n) is 7.35. The minimum atomic E-state index is -3.39. The van der Waals surface area contributed by atoms with Gasteiger partial charge in [-0.2, -0.15) is 0 Å². The van der Waals surface area contributed by atoms with Crippen molar-refractivity contribution in [1.29, 1.82) is 0 Å². The van der Waals surface area contributed by atoms with E-state index in [2.05, 4.69) is 15.0 Å². The van der Waals surface area contributed by atoms with Crippen molar-refractivity contribution in [2.75, 3.05) is 7.11 Å². The maximum atomic E-state index is 12.6. The van der Waals surface area contributed by atoms with Gasteiger partial charge in [0.25, 0.3) is 5.91 Å². The zero-order chi connectivity index (χ0) is 22.5. The molecule has 30 heavy (non-hydrogen) atoms. The zero-order valence-electron chi connectivity index (χ0n) is 18.0. The Labute approximate surface area is 177 Å². The van der Waals surface area contributed by atoms with E-state index in [1.807, 2.05) is 6.92 Å². The number of carbonyl (C=O) groups excluding carboxylic acids is 2. The average Bonchev–Trinajstić information content (AvgIpc) is 3.01. The van der Waals surface area contributed by atoms with Crippen LogP contribution in [0.15, 0.2) is 24.3 Å². The summed E-state index contributed by atoms with van der Waals surface area (Å²) in [7, 11) is -2.08. The van der Waals surface area contributed by atoms with E-state index in [-0.39, 0.29) is 24.2 Å². The fourth-order valence-corrected chi connectivity index (χ4v) is 4.61. The predicted molar refractivity (Wildman–Crippen MR) is 115 cm³/mol. The molecule has 0 aliphatic heterocycles. The molecule has 0 fully saturated rings. The van der Waals surface area contributed by atoms with Gasteiger partial charge in [-0.3, -0.25) is 4.79 Å². The van der Waals surface area contributed by atoms with E-state index in [0.717, 1.165) is 5.56 Å². The summed E-state index contributed by atoms with van der Waals surface area (Å²) in [6.07, 6.45) is 0.564. The number of carbonyl (C=O) groups is 2. The van der Waals surface area contributed by atoms with Gasteiger partial charge in [-0.25, -0.2) is 17.9 Å². The Hall–Kier alpha value is -2.65. The van der Waals surface area contributed by atoms with E-state index in [0.29, 0.717) is 34.5 Å². The molecule has 9 heteroatoms. The highest BCUT2D eigenvalue weighted by Crippen LogP contribution is 2.20. The number of benzene rings is 1. The molecule has 0 saturated heterocycles. The molecule has 1 aromatic heterocycles. The third-order valence-corrected chi connectivity index (χ3v) is 6.09. The number of amides is 1. The highest BCUT2D eigenvalue weighted by molar-refractivity contribution is 7.88. The van der Waals surface area contributed by atoms with Crippen LogP contribution >= 0.6 is 0 Å². The van der Waals surface area contributed by atoms with Crippen LogP contribution in [0, 0.1) is 6.92 Å². The molecule has 0 unspecified atom stereocenters. The van der Waals surface area contributed by atoms with Gasteiger partial charge in [0.2, 0.25) is 10.0 Å². The number of methoxy groups -OCH3 is 1. The van der Waals surface area contributed by atoms with Gasteiger partial charge in [-0.15, -0.1) is 0 Å². The van der Waals surface area contributed by atoms with E-state index < -0.39 is 16.0 Å². The first-order valence-corrected chi connectivity index (χ1v) is 11.4. The smallest absolute Gasteiger partial charge is 0.339 e. The fraction of sp³-hybridized carbons (Fsp3) is 0.429. The van der Waals surface area contributed by atoms with E-state index in [1.165, 1.54) is 7.11 Å². The highest BCUT2D eigenvalue weighted by atomic mass is 32.2. The molecule has 1 aromatic carbocycles. The summed E-state index contributed by atoms with van der Waals surface area (Å²) in [5.74, 6) is -0.905. The van der Waals surface area contributed by atoms with E-state index in [9.17, 15) is 18.0 Å². The Morgan fingerprint density at radius 3 is 2.27 bits per heavy atom. The Bertz CT molecular complexity index is 1010. The first-order valence-electron chi connectivity index (χ1n) is 9.73. The summed E-state index contributed by atoms with van der Waals surface area (Å²) in [4.78, 5) is 27.6. The van der Waals surface area contributed by atoms with Gasteiger partial charge in [0.15, 0.2) is 0 Å². The Morgan fingerprint density at radius 1 is 1.13 bits per heavy atom. The van der Waals surface area contributed by atoms with Gasteiger partial charge in [0.1, 0.15) is 5.69 Å². The third kappa shape index (κ3) is 5.93. The lowest BCUT2D eigenvalue weighted by Crippen LogP contribution is -2.31. The summed E-state index contributed by atoms with van der Waals surface area (Å²) in [6.45, 7) is 7.40. The average molecular weight is 436 g/mol. The van der Waals surface area contributed by atoms with Crippen molar-refractivity contribution in [3.05, 3.63) is 57.9 Å². The van der Waals surface area contributed by atoms with Crippen LogP contribution in [0.3, 0.4) is 0 Å². The Morgan fingerprint density at radius 2 is 1.73 bits per heavy atom. The molecule has 0 aliphatic carbocycles. The number of aromatic amines is 1. The maximum Gasteiger partial charge on any atom is 0.339 e. The van der Waals surface area contributed by atoms with Crippen molar-refractivity contribution in [2.45, 2.75) is 52.5 Å². The minimum absolute atomic E-state index is 0.102. The fourth-order valence-electron chi connectivity index (χ4n) is 3.17. The molecule has 0 spiro atoms. The van der Waals surface area contributed by atoms with Crippen LogP contribution in [0.2, 0.25) is 0 Å². The van der Waals surface area contributed by atoms with Gasteiger partial charge in [-0.05, 0) is 43.9 Å². The Kier molecular flexibility index (Phi) is 7.80. The van der Waals surface area contributed by atoms with Crippen molar-refractivity contribution < 1.29 is 22.7 Å². The van der Waals surface area contributed by atoms with Crippen LogP contribution in [-0.4, -0.2) is 38.4 Å². The molecule has 0 bridgehead atoms. The van der Waals surface area contributed by atoms with Crippen LogP contribution in [-0.2, 0) is 33.5 Å². The molecular weight excluding hydrogens is 406 g/mol. The summed E-state index contributed by atoms with van der Waals surface area (Å²) in [5.41, 5.74) is 3.42. The molecular formula is C21H29N3O5S. The molecule has 3 N–H and O–H groups in total. The molecule has 0 saturated carbocycles. The number of hydrogen-bond acceptors (Lipinski definition) is 5. The number of ether oxygens (including phenoxy) is 1. The van der Waals surface area contributed by atoms with Crippen LogP contribution < -0.4 is 10.0 Å². The monoisotopic (exact) mass is 435 g/mol. The lowest BCUT2D eigenvalue weighted by atomic mass is 10.1. The summed E-state index contributed by atoms with van der Waals surface area (Å²) >= 11 is 0. The quantitative estimate of drug-likeness (QED) is 0.523. The summed E-state index contributed by atoms with van der Waals surface area (Å²) in [6, 6.07) is 6.85. The van der Waals surface area contributed by atoms with Gasteiger partial charge in [-0.1, -0.05) is 31.2 Å². The van der Waals surface area contributed by atoms with Crippen molar-refractivity contribution in [3.63, 3.8) is 0 Å². The molecule has 1 heterocycles. The lowest BCUT2D eigenvalue weighted by molar-refractivity contribution is 0.0599. The standard InChI is InChI=1S/C21H29N3O5S/c1-6-17-18(21(26)29-5)14(4)19(23-17)20(25)22-11-15-7-9-16(10-8-15)12-30(27,28)24-13(2)3/h7-10,13,23-24H,6,11-12H2,1-5H3,(H,22,25). The van der Waals surface area contributed by atoms with Crippen LogP contribution in [0.1, 0.15) is 64.0 Å². The number of aromatic nitrogens is 1. The van der Waals surface area contributed by atoms with Crippen molar-refractivity contribution in [2.24, 2.45) is 0 Å². The number of hydrogen-bond donors (Lipinski definition) is 3. The molecule has 1 amide bonds. The molecule has 2 aromatic rings. The summed E-state index contributed by atoms with van der Waals surface area (Å²) < 4.78 is 31.4. The number of sulfonamides is 1. The van der Waals surface area contributed by atoms with Crippen molar-refractivity contribution in [3.8, 4) is 0 Å². The number of aryl methyl sites for hydroxylation is 1. The predicted octanol–water partition coefficient (Wildman–Crippen LogP) is 2.43. The molecule has 0 aliphatic rings. The molecule has 8 nitrogen and oxygen atoms in total. The first kappa shape index (κ1) is 23.6. The lowest BCUT2D eigenvalue weighted by Gasteiger charge is -2.10. The summed E-state index contributed by atoms with van der Waals surface area (Å²) in [5, 5.41) is 2.82. The second-order valence-corrected chi connectivity index (χ2v) is 9.11. The molecule has 2 rings (SSSR count). The van der Waals surface area contributed by atoms with Crippen molar-refractivity contribution in [1.82, 2.24) is 15.0 Å². The largest absolute Gasteiger partial charge is 0.465 e. The van der Waals surface area contributed by atoms with Crippen LogP contribution in [0.25, 0.3) is 0 Å². The van der Waals surface area contributed by atoms with Crippen LogP contribution in [0.4, 0.5) is 0 Å². The topological polar surface area (TPSA) is 117 Å².